The molecule has 6 nitrogen and oxygen atoms in total. The molecule has 0 fully saturated rings. The molecule has 0 saturated carbocycles. The van der Waals surface area contributed by atoms with Crippen molar-refractivity contribution < 1.29 is 18.7 Å². The zero-order chi connectivity index (χ0) is 28.4. The minimum absolute atomic E-state index is 0.00893. The van der Waals surface area contributed by atoms with E-state index in [1.54, 1.807) is 80.6 Å². The number of allylic oxidation sites excluding steroid dienone is 1. The van der Waals surface area contributed by atoms with Gasteiger partial charge < -0.3 is 9.47 Å². The Labute approximate surface area is 243 Å². The predicted molar refractivity (Wildman–Crippen MR) is 154 cm³/mol. The number of halogens is 3. The van der Waals surface area contributed by atoms with E-state index in [4.69, 9.17) is 32.7 Å². The molecule has 0 spiro atoms. The maximum absolute atomic E-state index is 14.2. The fourth-order valence-electron chi connectivity index (χ4n) is 4.46. The first-order valence-electron chi connectivity index (χ1n) is 12.4. The van der Waals surface area contributed by atoms with Crippen LogP contribution >= 0.6 is 34.5 Å². The van der Waals surface area contributed by atoms with Gasteiger partial charge in [0.25, 0.3) is 5.56 Å². The number of esters is 1. The molecule has 1 atom stereocenters. The molecule has 0 aliphatic carbocycles. The van der Waals surface area contributed by atoms with Crippen molar-refractivity contribution in [2.45, 2.75) is 26.5 Å². The summed E-state index contributed by atoms with van der Waals surface area (Å²) >= 11 is 14.0. The molecule has 3 aromatic carbocycles. The Kier molecular flexibility index (Phi) is 8.21. The second-order valence-corrected chi connectivity index (χ2v) is 10.7. The highest BCUT2D eigenvalue weighted by Gasteiger charge is 2.34. The molecular weight excluding hydrogens is 574 g/mol. The number of aromatic nitrogens is 1. The number of fused-ring (bicyclic) bond motifs is 1. The largest absolute Gasteiger partial charge is 0.488 e. The molecule has 0 amide bonds. The Morgan fingerprint density at radius 2 is 1.88 bits per heavy atom. The molecule has 4 aromatic rings. The first kappa shape index (κ1) is 27.8. The van der Waals surface area contributed by atoms with Crippen molar-refractivity contribution in [3.8, 4) is 5.75 Å². The molecule has 1 aromatic heterocycles. The molecule has 0 saturated heterocycles. The SMILES string of the molecule is CCOC(=O)C1=C(C)N=c2s/c(=C\c3cc(Cl)ccc3OCc3ccccc3F)c(=O)n2[C@H]1c1ccccc1Cl. The third-order valence-electron chi connectivity index (χ3n) is 6.32. The molecular formula is C30H23Cl2FN2O4S. The van der Waals surface area contributed by atoms with Gasteiger partial charge in [0.15, 0.2) is 4.80 Å². The van der Waals surface area contributed by atoms with E-state index in [1.165, 1.54) is 10.6 Å². The standard InChI is InChI=1S/C30H23Cl2FN2O4S/c1-3-38-29(37)26-17(2)34-30-35(27(26)21-9-5-6-10-22(21)32)28(36)25(40-30)15-19-14-20(31)12-13-24(19)39-16-18-8-4-7-11-23(18)33/h4-15,27H,3,16H2,1-2H3/b25-15-/t27-/m0/s1. The lowest BCUT2D eigenvalue weighted by Gasteiger charge is -2.25. The van der Waals surface area contributed by atoms with E-state index >= 15 is 0 Å². The van der Waals surface area contributed by atoms with Crippen LogP contribution in [0.3, 0.4) is 0 Å². The van der Waals surface area contributed by atoms with Crippen molar-refractivity contribution in [2.24, 2.45) is 4.99 Å². The quantitative estimate of drug-likeness (QED) is 0.252. The van der Waals surface area contributed by atoms with Crippen molar-refractivity contribution in [1.29, 1.82) is 0 Å². The smallest absolute Gasteiger partial charge is 0.338 e. The van der Waals surface area contributed by atoms with Gasteiger partial charge in [-0.3, -0.25) is 9.36 Å². The summed E-state index contributed by atoms with van der Waals surface area (Å²) in [6, 6.07) is 17.5. The third-order valence-corrected chi connectivity index (χ3v) is 7.88. The van der Waals surface area contributed by atoms with Crippen molar-refractivity contribution >= 4 is 46.6 Å². The van der Waals surface area contributed by atoms with Crippen LogP contribution in [0.1, 0.15) is 36.6 Å². The Morgan fingerprint density at radius 3 is 2.62 bits per heavy atom. The maximum Gasteiger partial charge on any atom is 0.338 e. The predicted octanol–water partition coefficient (Wildman–Crippen LogP) is 5.82. The third kappa shape index (κ3) is 5.47. The highest BCUT2D eigenvalue weighted by atomic mass is 35.5. The average Bonchev–Trinajstić information content (AvgIpc) is 3.23. The lowest BCUT2D eigenvalue weighted by Crippen LogP contribution is -2.40. The van der Waals surface area contributed by atoms with E-state index in [2.05, 4.69) is 4.99 Å². The summed E-state index contributed by atoms with van der Waals surface area (Å²) in [5.41, 5.74) is 1.81. The minimum Gasteiger partial charge on any atom is -0.488 e. The number of hydrogen-bond acceptors (Lipinski definition) is 6. The van der Waals surface area contributed by atoms with E-state index < -0.39 is 12.0 Å². The Balaban J connectivity index is 1.64. The van der Waals surface area contributed by atoms with Gasteiger partial charge >= 0.3 is 5.97 Å². The normalized spacial score (nSPS) is 15.0. The Hall–Kier alpha value is -3.72. The number of carbonyl (C=O) groups is 1. The van der Waals surface area contributed by atoms with Gasteiger partial charge in [0.05, 0.1) is 22.4 Å². The van der Waals surface area contributed by atoms with E-state index in [9.17, 15) is 14.0 Å². The molecule has 5 rings (SSSR count). The summed E-state index contributed by atoms with van der Waals surface area (Å²) in [6.07, 6.45) is 1.65. The molecule has 0 unspecified atom stereocenters. The number of thiazole rings is 1. The van der Waals surface area contributed by atoms with Crippen molar-refractivity contribution in [2.75, 3.05) is 6.61 Å². The zero-order valence-corrected chi connectivity index (χ0v) is 23.8. The zero-order valence-electron chi connectivity index (χ0n) is 21.5. The van der Waals surface area contributed by atoms with Crippen molar-refractivity contribution in [3.05, 3.63) is 130 Å². The van der Waals surface area contributed by atoms with Gasteiger partial charge in [0.1, 0.15) is 24.2 Å². The topological polar surface area (TPSA) is 69.9 Å². The van der Waals surface area contributed by atoms with E-state index in [1.807, 2.05) is 0 Å². The molecule has 2 heterocycles. The lowest BCUT2D eigenvalue weighted by molar-refractivity contribution is -0.139. The van der Waals surface area contributed by atoms with Crippen LogP contribution in [0.2, 0.25) is 10.0 Å². The van der Waals surface area contributed by atoms with Crippen LogP contribution in [-0.4, -0.2) is 17.1 Å². The van der Waals surface area contributed by atoms with Gasteiger partial charge in [-0.05, 0) is 55.8 Å². The molecule has 0 bridgehead atoms. The number of benzene rings is 3. The second kappa shape index (κ2) is 11.8. The number of ether oxygens (including phenoxy) is 2. The van der Waals surface area contributed by atoms with Crippen LogP contribution in [0.25, 0.3) is 6.08 Å². The van der Waals surface area contributed by atoms with Gasteiger partial charge in [0, 0.05) is 21.2 Å². The highest BCUT2D eigenvalue weighted by molar-refractivity contribution is 7.07. The molecule has 40 heavy (non-hydrogen) atoms. The van der Waals surface area contributed by atoms with Crippen LogP contribution in [0.4, 0.5) is 4.39 Å². The summed E-state index contributed by atoms with van der Waals surface area (Å²) in [4.78, 5) is 32.0. The Morgan fingerprint density at radius 1 is 1.12 bits per heavy atom. The molecule has 1 aliphatic rings. The van der Waals surface area contributed by atoms with Gasteiger partial charge in [-0.2, -0.15) is 0 Å². The molecule has 10 heteroatoms. The molecule has 1 aliphatic heterocycles. The highest BCUT2D eigenvalue weighted by Crippen LogP contribution is 2.34. The van der Waals surface area contributed by atoms with Crippen LogP contribution in [0, 0.1) is 5.82 Å². The average molecular weight is 597 g/mol. The van der Waals surface area contributed by atoms with Gasteiger partial charge in [-0.15, -0.1) is 0 Å². The van der Waals surface area contributed by atoms with E-state index in [0.29, 0.717) is 47.5 Å². The van der Waals surface area contributed by atoms with Crippen LogP contribution in [-0.2, 0) is 16.1 Å². The number of carbonyl (C=O) groups excluding carboxylic acids is 1. The van der Waals surface area contributed by atoms with Crippen LogP contribution < -0.4 is 19.6 Å². The van der Waals surface area contributed by atoms with Crippen LogP contribution in [0.15, 0.2) is 87.8 Å². The lowest BCUT2D eigenvalue weighted by atomic mass is 9.96. The minimum atomic E-state index is -0.831. The summed E-state index contributed by atoms with van der Waals surface area (Å²) in [7, 11) is 0. The van der Waals surface area contributed by atoms with Gasteiger partial charge in [-0.1, -0.05) is 70.9 Å². The number of hydrogen-bond donors (Lipinski definition) is 0. The van der Waals surface area contributed by atoms with Gasteiger partial charge in [-0.25, -0.2) is 14.2 Å². The number of rotatable bonds is 7. The van der Waals surface area contributed by atoms with E-state index in [0.717, 1.165) is 11.3 Å². The number of nitrogens with zero attached hydrogens (tertiary/aromatic N) is 2. The van der Waals surface area contributed by atoms with Crippen molar-refractivity contribution in [1.82, 2.24) is 4.57 Å². The summed E-state index contributed by atoms with van der Waals surface area (Å²) in [5.74, 6) is -0.523. The Bertz CT molecular complexity index is 1830. The fraction of sp³-hybridized carbons (Fsp3) is 0.167. The van der Waals surface area contributed by atoms with Crippen LogP contribution in [0.5, 0.6) is 5.75 Å². The maximum atomic E-state index is 14.2. The van der Waals surface area contributed by atoms with E-state index in [-0.39, 0.29) is 30.2 Å². The second-order valence-electron chi connectivity index (χ2n) is 8.89. The van der Waals surface area contributed by atoms with Gasteiger partial charge in [0.2, 0.25) is 0 Å². The summed E-state index contributed by atoms with van der Waals surface area (Å²) < 4.78 is 27.2. The fourth-order valence-corrected chi connectivity index (χ4v) is 5.92. The summed E-state index contributed by atoms with van der Waals surface area (Å²) in [6.45, 7) is 3.58. The molecule has 204 valence electrons. The monoisotopic (exact) mass is 596 g/mol. The molecule has 0 radical (unpaired) electrons. The summed E-state index contributed by atoms with van der Waals surface area (Å²) in [5, 5.41) is 0.837. The molecule has 0 N–H and O–H groups in total. The first-order chi connectivity index (χ1) is 19.3. The first-order valence-corrected chi connectivity index (χ1v) is 14.0. The van der Waals surface area contributed by atoms with Crippen molar-refractivity contribution in [3.63, 3.8) is 0 Å².